The van der Waals surface area contributed by atoms with Gasteiger partial charge in [-0.25, -0.2) is 9.79 Å². The van der Waals surface area contributed by atoms with E-state index in [4.69, 9.17) is 14.2 Å². The van der Waals surface area contributed by atoms with Crippen LogP contribution >= 0.6 is 22.6 Å². The Bertz CT molecular complexity index is 977. The molecule has 1 heterocycles. The number of ether oxygens (including phenoxy) is 3. The van der Waals surface area contributed by atoms with Gasteiger partial charge < -0.3 is 14.2 Å². The molecule has 0 unspecified atom stereocenters. The molecule has 0 saturated heterocycles. The summed E-state index contributed by atoms with van der Waals surface area (Å²) < 4.78 is 17.0. The molecule has 3 rings (SSSR count). The topological polar surface area (TPSA) is 74.2 Å². The number of carbonyl (C=O) groups is 2. The highest BCUT2D eigenvalue weighted by Gasteiger charge is 2.24. The number of hydrogen-bond donors (Lipinski definition) is 0. The van der Waals surface area contributed by atoms with Crippen LogP contribution in [-0.2, 0) is 14.3 Å². The molecule has 0 N–H and O–H groups in total. The van der Waals surface area contributed by atoms with Gasteiger partial charge in [-0.05, 0) is 70.6 Å². The summed E-state index contributed by atoms with van der Waals surface area (Å²) >= 11 is 2.20. The first-order valence-corrected chi connectivity index (χ1v) is 9.63. The zero-order valence-electron chi connectivity index (χ0n) is 15.6. The molecule has 2 aromatic rings. The molecule has 0 amide bonds. The minimum absolute atomic E-state index is 0.183. The summed E-state index contributed by atoms with van der Waals surface area (Å²) in [6.07, 6.45) is 1.60. The van der Waals surface area contributed by atoms with E-state index in [1.54, 1.807) is 38.1 Å². The zero-order chi connectivity index (χ0) is 20.3. The fraction of sp³-hybridized carbons (Fsp3) is 0.190. The maximum absolute atomic E-state index is 12.2. The highest BCUT2D eigenvalue weighted by Crippen LogP contribution is 2.30. The molecule has 1 aliphatic rings. The molecule has 0 fully saturated rings. The van der Waals surface area contributed by atoms with Crippen molar-refractivity contribution in [2.24, 2.45) is 10.9 Å². The second kappa shape index (κ2) is 8.55. The van der Waals surface area contributed by atoms with Crippen molar-refractivity contribution in [3.8, 4) is 11.5 Å². The standard InChI is InChI=1S/C21H18INO5/c1-12(2)20(24)27-17-9-4-13(11-18(17)26-3)10-16-21(25)28-19(23-16)14-5-7-15(22)8-6-14/h4-12H,1-3H3/b16-10-. The number of rotatable bonds is 5. The van der Waals surface area contributed by atoms with Crippen molar-refractivity contribution in [1.29, 1.82) is 0 Å². The van der Waals surface area contributed by atoms with Gasteiger partial charge in [-0.2, -0.15) is 0 Å². The number of hydrogen-bond acceptors (Lipinski definition) is 6. The lowest BCUT2D eigenvalue weighted by Crippen LogP contribution is -2.15. The molecule has 0 atom stereocenters. The Hall–Kier alpha value is -2.68. The van der Waals surface area contributed by atoms with Gasteiger partial charge in [0.15, 0.2) is 17.2 Å². The normalized spacial score (nSPS) is 14.8. The van der Waals surface area contributed by atoms with Gasteiger partial charge in [0.05, 0.1) is 13.0 Å². The number of methoxy groups -OCH3 is 1. The van der Waals surface area contributed by atoms with Gasteiger partial charge >= 0.3 is 11.9 Å². The third kappa shape index (κ3) is 4.59. The Morgan fingerprint density at radius 2 is 1.86 bits per heavy atom. The highest BCUT2D eigenvalue weighted by atomic mass is 127. The van der Waals surface area contributed by atoms with Crippen molar-refractivity contribution in [2.75, 3.05) is 7.11 Å². The van der Waals surface area contributed by atoms with Crippen LogP contribution in [0.2, 0.25) is 0 Å². The minimum Gasteiger partial charge on any atom is -0.493 e. The fourth-order valence-corrected chi connectivity index (χ4v) is 2.73. The van der Waals surface area contributed by atoms with Gasteiger partial charge in [-0.15, -0.1) is 0 Å². The van der Waals surface area contributed by atoms with Gasteiger partial charge in [0, 0.05) is 9.13 Å². The third-order valence-corrected chi connectivity index (χ3v) is 4.60. The lowest BCUT2D eigenvalue weighted by atomic mass is 10.1. The summed E-state index contributed by atoms with van der Waals surface area (Å²) in [6, 6.07) is 12.5. The lowest BCUT2D eigenvalue weighted by molar-refractivity contribution is -0.137. The van der Waals surface area contributed by atoms with Crippen LogP contribution in [0.4, 0.5) is 0 Å². The highest BCUT2D eigenvalue weighted by molar-refractivity contribution is 14.1. The molecule has 28 heavy (non-hydrogen) atoms. The predicted molar refractivity (Wildman–Crippen MR) is 113 cm³/mol. The average molecular weight is 491 g/mol. The number of cyclic esters (lactones) is 1. The summed E-state index contributed by atoms with van der Waals surface area (Å²) in [7, 11) is 1.48. The molecule has 2 aromatic carbocycles. The van der Waals surface area contributed by atoms with Crippen LogP contribution in [-0.4, -0.2) is 24.9 Å². The van der Waals surface area contributed by atoms with Gasteiger partial charge in [0.25, 0.3) is 0 Å². The van der Waals surface area contributed by atoms with E-state index in [0.29, 0.717) is 17.1 Å². The largest absolute Gasteiger partial charge is 0.493 e. The van der Waals surface area contributed by atoms with Crippen LogP contribution < -0.4 is 9.47 Å². The Morgan fingerprint density at radius 1 is 1.14 bits per heavy atom. The number of carbonyl (C=O) groups excluding carboxylic acids is 2. The summed E-state index contributed by atoms with van der Waals surface area (Å²) in [5, 5.41) is 0. The first kappa shape index (κ1) is 20.1. The van der Waals surface area contributed by atoms with Crippen molar-refractivity contribution in [3.05, 3.63) is 62.9 Å². The van der Waals surface area contributed by atoms with Crippen molar-refractivity contribution >= 4 is 46.5 Å². The molecule has 0 aromatic heterocycles. The Labute approximate surface area is 176 Å². The van der Waals surface area contributed by atoms with Crippen molar-refractivity contribution in [1.82, 2.24) is 0 Å². The maximum atomic E-state index is 12.2. The van der Waals surface area contributed by atoms with Gasteiger partial charge in [0.1, 0.15) is 0 Å². The zero-order valence-corrected chi connectivity index (χ0v) is 17.7. The van der Waals surface area contributed by atoms with E-state index >= 15 is 0 Å². The third-order valence-electron chi connectivity index (χ3n) is 3.88. The Balaban J connectivity index is 1.87. The van der Waals surface area contributed by atoms with Crippen molar-refractivity contribution in [3.63, 3.8) is 0 Å². The Kier molecular flexibility index (Phi) is 6.13. The van der Waals surface area contributed by atoms with E-state index in [-0.39, 0.29) is 23.5 Å². The van der Waals surface area contributed by atoms with Gasteiger partial charge in [0.2, 0.25) is 5.90 Å². The monoisotopic (exact) mass is 491 g/mol. The smallest absolute Gasteiger partial charge is 0.363 e. The molecule has 1 aliphatic heterocycles. The van der Waals surface area contributed by atoms with Crippen LogP contribution in [0.5, 0.6) is 11.5 Å². The van der Waals surface area contributed by atoms with Crippen molar-refractivity contribution < 1.29 is 23.8 Å². The number of aliphatic imine (C=N–C) groups is 1. The molecular formula is C21H18INO5. The lowest BCUT2D eigenvalue weighted by Gasteiger charge is -2.11. The quantitative estimate of drug-likeness (QED) is 0.271. The van der Waals surface area contributed by atoms with Crippen LogP contribution in [0, 0.1) is 9.49 Å². The summed E-state index contributed by atoms with van der Waals surface area (Å²) in [4.78, 5) is 28.3. The average Bonchev–Trinajstić information content (AvgIpc) is 3.03. The number of benzene rings is 2. The van der Waals surface area contributed by atoms with Crippen LogP contribution in [0.3, 0.4) is 0 Å². The Morgan fingerprint density at radius 3 is 2.50 bits per heavy atom. The summed E-state index contributed by atoms with van der Waals surface area (Å²) in [6.45, 7) is 3.51. The number of nitrogens with zero attached hydrogens (tertiary/aromatic N) is 1. The molecule has 7 heteroatoms. The first-order valence-electron chi connectivity index (χ1n) is 8.55. The van der Waals surface area contributed by atoms with Gasteiger partial charge in [-0.1, -0.05) is 19.9 Å². The molecule has 6 nitrogen and oxygen atoms in total. The van der Waals surface area contributed by atoms with E-state index in [0.717, 1.165) is 9.13 Å². The number of halogens is 1. The van der Waals surface area contributed by atoms with E-state index in [2.05, 4.69) is 27.6 Å². The van der Waals surface area contributed by atoms with E-state index in [9.17, 15) is 9.59 Å². The second-order valence-corrected chi connectivity index (χ2v) is 7.57. The molecule has 0 saturated carbocycles. The molecule has 0 bridgehead atoms. The van der Waals surface area contributed by atoms with E-state index < -0.39 is 5.97 Å². The summed E-state index contributed by atoms with van der Waals surface area (Å²) in [5.74, 6) is -0.161. The van der Waals surface area contributed by atoms with Crippen LogP contribution in [0.1, 0.15) is 25.0 Å². The SMILES string of the molecule is COc1cc(/C=C2\N=C(c3ccc(I)cc3)OC2=O)ccc1OC(=O)C(C)C. The summed E-state index contributed by atoms with van der Waals surface area (Å²) in [5.41, 5.74) is 1.58. The van der Waals surface area contributed by atoms with Crippen LogP contribution in [0.15, 0.2) is 53.2 Å². The minimum atomic E-state index is -0.525. The van der Waals surface area contributed by atoms with Gasteiger partial charge in [-0.3, -0.25) is 4.79 Å². The second-order valence-electron chi connectivity index (χ2n) is 6.33. The van der Waals surface area contributed by atoms with Crippen molar-refractivity contribution in [2.45, 2.75) is 13.8 Å². The fourth-order valence-electron chi connectivity index (χ4n) is 2.37. The predicted octanol–water partition coefficient (Wildman–Crippen LogP) is 4.21. The molecule has 0 spiro atoms. The molecule has 0 radical (unpaired) electrons. The molecule has 0 aliphatic carbocycles. The van der Waals surface area contributed by atoms with E-state index in [1.165, 1.54) is 7.11 Å². The number of esters is 2. The molecule has 144 valence electrons. The van der Waals surface area contributed by atoms with Crippen LogP contribution in [0.25, 0.3) is 6.08 Å². The maximum Gasteiger partial charge on any atom is 0.363 e. The molecular weight excluding hydrogens is 473 g/mol. The van der Waals surface area contributed by atoms with E-state index in [1.807, 2.05) is 24.3 Å². The first-order chi connectivity index (χ1) is 13.4.